The molecule has 0 saturated heterocycles. The Kier molecular flexibility index (Phi) is 6.17. The zero-order valence-electron chi connectivity index (χ0n) is 16.6. The summed E-state index contributed by atoms with van der Waals surface area (Å²) in [5.74, 6) is 1.63. The summed E-state index contributed by atoms with van der Waals surface area (Å²) in [6.45, 7) is 7.65. The largest absolute Gasteiger partial charge is 0.457 e. The van der Waals surface area contributed by atoms with Gasteiger partial charge in [-0.1, -0.05) is 32.0 Å². The van der Waals surface area contributed by atoms with Crippen molar-refractivity contribution in [1.29, 1.82) is 5.41 Å². The Balaban J connectivity index is 1.55. The van der Waals surface area contributed by atoms with Crippen molar-refractivity contribution in [2.45, 2.75) is 59.0 Å². The van der Waals surface area contributed by atoms with E-state index in [0.717, 1.165) is 29.3 Å². The average molecular weight is 366 g/mol. The van der Waals surface area contributed by atoms with Gasteiger partial charge < -0.3 is 15.4 Å². The Labute approximate surface area is 162 Å². The third kappa shape index (κ3) is 5.33. The van der Waals surface area contributed by atoms with Crippen LogP contribution < -0.4 is 15.4 Å². The molecule has 27 heavy (non-hydrogen) atoms. The molecule has 4 heteroatoms. The predicted octanol–water partition coefficient (Wildman–Crippen LogP) is 5.86. The van der Waals surface area contributed by atoms with Crippen LogP contribution in [0.3, 0.4) is 0 Å². The van der Waals surface area contributed by atoms with Crippen LogP contribution in [0, 0.1) is 17.7 Å². The maximum absolute atomic E-state index is 7.20. The van der Waals surface area contributed by atoms with Crippen molar-refractivity contribution in [2.75, 3.05) is 5.32 Å². The van der Waals surface area contributed by atoms with Gasteiger partial charge in [-0.05, 0) is 67.9 Å². The molecule has 0 bridgehead atoms. The Morgan fingerprint density at radius 2 is 1.81 bits per heavy atom. The molecule has 1 aliphatic rings. The smallest absolute Gasteiger partial charge is 0.132 e. The molecule has 1 aliphatic carbocycles. The highest BCUT2D eigenvalue weighted by Gasteiger charge is 2.26. The molecule has 1 fully saturated rings. The van der Waals surface area contributed by atoms with Crippen LogP contribution in [0.5, 0.6) is 11.5 Å². The monoisotopic (exact) mass is 365 g/mol. The molecule has 0 heterocycles. The van der Waals surface area contributed by atoms with Gasteiger partial charge in [-0.3, -0.25) is 5.41 Å². The van der Waals surface area contributed by atoms with Crippen molar-refractivity contribution in [3.05, 3.63) is 53.6 Å². The molecular formula is C23H31N3O. The van der Waals surface area contributed by atoms with Gasteiger partial charge in [-0.2, -0.15) is 0 Å². The van der Waals surface area contributed by atoms with Crippen molar-refractivity contribution < 1.29 is 4.74 Å². The highest BCUT2D eigenvalue weighted by Crippen LogP contribution is 2.35. The number of rotatable bonds is 7. The summed E-state index contributed by atoms with van der Waals surface area (Å²) in [5.41, 5.74) is 3.68. The highest BCUT2D eigenvalue weighted by molar-refractivity contribution is 5.76. The molecule has 0 radical (unpaired) electrons. The number of hydrogen-bond acceptors (Lipinski definition) is 3. The SMILES string of the molecule is Cc1c(NC=N)cccc1Oc1ccc(CNC2CCC(C)(C)CC2)cc1. The van der Waals surface area contributed by atoms with Gasteiger partial charge in [0.2, 0.25) is 0 Å². The third-order valence-electron chi connectivity index (χ3n) is 5.60. The van der Waals surface area contributed by atoms with Gasteiger partial charge in [-0.25, -0.2) is 0 Å². The number of benzene rings is 2. The lowest BCUT2D eigenvalue weighted by Gasteiger charge is -2.34. The summed E-state index contributed by atoms with van der Waals surface area (Å²) in [4.78, 5) is 0. The zero-order chi connectivity index (χ0) is 19.3. The maximum Gasteiger partial charge on any atom is 0.132 e. The Hall–Kier alpha value is -2.33. The second-order valence-electron chi connectivity index (χ2n) is 8.28. The first kappa shape index (κ1) is 19.4. The van der Waals surface area contributed by atoms with Crippen LogP contribution in [0.15, 0.2) is 42.5 Å². The minimum Gasteiger partial charge on any atom is -0.457 e. The summed E-state index contributed by atoms with van der Waals surface area (Å²) in [6.07, 6.45) is 6.34. The van der Waals surface area contributed by atoms with Crippen LogP contribution in [0.1, 0.15) is 50.7 Å². The van der Waals surface area contributed by atoms with Gasteiger partial charge in [0.25, 0.3) is 0 Å². The molecular weight excluding hydrogens is 334 g/mol. The molecule has 0 spiro atoms. The standard InChI is InChI=1S/C23H31N3O/c1-17-21(26-16-24)5-4-6-22(17)27-20-9-7-18(8-10-20)15-25-19-11-13-23(2,3)14-12-19/h4-10,16,19,25H,11-15H2,1-3H3,(H2,24,26). The van der Waals surface area contributed by atoms with Crippen LogP contribution in [-0.4, -0.2) is 12.4 Å². The first-order chi connectivity index (χ1) is 13.0. The fourth-order valence-electron chi connectivity index (χ4n) is 3.63. The number of hydrogen-bond donors (Lipinski definition) is 3. The van der Waals surface area contributed by atoms with E-state index in [-0.39, 0.29) is 0 Å². The van der Waals surface area contributed by atoms with E-state index in [1.807, 2.05) is 37.3 Å². The normalized spacial score (nSPS) is 16.7. The Bertz CT molecular complexity index is 758. The molecule has 3 rings (SSSR count). The zero-order valence-corrected chi connectivity index (χ0v) is 16.6. The fraction of sp³-hybridized carbons (Fsp3) is 0.435. The van der Waals surface area contributed by atoms with Crippen molar-refractivity contribution in [1.82, 2.24) is 5.32 Å². The van der Waals surface area contributed by atoms with Crippen molar-refractivity contribution in [3.63, 3.8) is 0 Å². The van der Waals surface area contributed by atoms with E-state index in [1.54, 1.807) is 0 Å². The summed E-state index contributed by atoms with van der Waals surface area (Å²) in [7, 11) is 0. The van der Waals surface area contributed by atoms with Crippen LogP contribution in [0.25, 0.3) is 0 Å². The minimum atomic E-state index is 0.515. The molecule has 0 aromatic heterocycles. The van der Waals surface area contributed by atoms with Gasteiger partial charge in [0, 0.05) is 23.8 Å². The van der Waals surface area contributed by atoms with E-state index in [4.69, 9.17) is 10.1 Å². The lowest BCUT2D eigenvalue weighted by Crippen LogP contribution is -2.35. The minimum absolute atomic E-state index is 0.515. The van der Waals surface area contributed by atoms with E-state index in [2.05, 4.69) is 36.6 Å². The number of nitrogens with one attached hydrogen (secondary N) is 3. The molecule has 0 atom stereocenters. The van der Waals surface area contributed by atoms with Gasteiger partial charge in [0.1, 0.15) is 11.5 Å². The van der Waals surface area contributed by atoms with Gasteiger partial charge in [-0.15, -0.1) is 0 Å². The topological polar surface area (TPSA) is 57.1 Å². The second-order valence-corrected chi connectivity index (χ2v) is 8.28. The van der Waals surface area contributed by atoms with Gasteiger partial charge >= 0.3 is 0 Å². The van der Waals surface area contributed by atoms with Gasteiger partial charge in [0.05, 0.1) is 6.34 Å². The first-order valence-electron chi connectivity index (χ1n) is 9.82. The Morgan fingerprint density at radius 3 is 2.48 bits per heavy atom. The number of ether oxygens (including phenoxy) is 1. The first-order valence-corrected chi connectivity index (χ1v) is 9.82. The van der Waals surface area contributed by atoms with Crippen LogP contribution in [0.2, 0.25) is 0 Å². The van der Waals surface area contributed by atoms with E-state index in [9.17, 15) is 0 Å². The molecule has 2 aromatic rings. The van der Waals surface area contributed by atoms with Gasteiger partial charge in [0.15, 0.2) is 0 Å². The number of anilines is 1. The van der Waals surface area contributed by atoms with E-state index >= 15 is 0 Å². The molecule has 0 unspecified atom stereocenters. The molecule has 4 nitrogen and oxygen atoms in total. The van der Waals surface area contributed by atoms with Crippen LogP contribution >= 0.6 is 0 Å². The summed E-state index contributed by atoms with van der Waals surface area (Å²) < 4.78 is 6.03. The molecule has 0 amide bonds. The van der Waals surface area contributed by atoms with E-state index < -0.39 is 0 Å². The lowest BCUT2D eigenvalue weighted by molar-refractivity contribution is 0.206. The summed E-state index contributed by atoms with van der Waals surface area (Å²) >= 11 is 0. The second kappa shape index (κ2) is 8.57. The maximum atomic E-state index is 7.20. The van der Waals surface area contributed by atoms with Crippen LogP contribution in [-0.2, 0) is 6.54 Å². The van der Waals surface area contributed by atoms with E-state index in [1.165, 1.54) is 37.6 Å². The average Bonchev–Trinajstić information content (AvgIpc) is 2.65. The molecule has 3 N–H and O–H groups in total. The van der Waals surface area contributed by atoms with E-state index in [0.29, 0.717) is 11.5 Å². The van der Waals surface area contributed by atoms with Crippen molar-refractivity contribution >= 4 is 12.0 Å². The molecule has 144 valence electrons. The molecule has 2 aromatic carbocycles. The lowest BCUT2D eigenvalue weighted by atomic mass is 9.75. The fourth-order valence-corrected chi connectivity index (χ4v) is 3.63. The third-order valence-corrected chi connectivity index (χ3v) is 5.60. The Morgan fingerprint density at radius 1 is 1.11 bits per heavy atom. The van der Waals surface area contributed by atoms with Crippen molar-refractivity contribution in [2.24, 2.45) is 5.41 Å². The van der Waals surface area contributed by atoms with Crippen LogP contribution in [0.4, 0.5) is 5.69 Å². The molecule has 1 saturated carbocycles. The molecule has 0 aliphatic heterocycles. The predicted molar refractivity (Wildman–Crippen MR) is 113 cm³/mol. The quantitative estimate of drug-likeness (QED) is 0.425. The summed E-state index contributed by atoms with van der Waals surface area (Å²) in [6, 6.07) is 14.8. The van der Waals surface area contributed by atoms with Crippen molar-refractivity contribution in [3.8, 4) is 11.5 Å². The summed E-state index contributed by atoms with van der Waals surface area (Å²) in [5, 5.41) is 13.8. The highest BCUT2D eigenvalue weighted by atomic mass is 16.5.